The van der Waals surface area contributed by atoms with E-state index in [1.807, 2.05) is 9.80 Å². The summed E-state index contributed by atoms with van der Waals surface area (Å²) in [4.78, 5) is 19.5. The topological polar surface area (TPSA) is 124 Å². The van der Waals surface area contributed by atoms with Gasteiger partial charge in [-0.05, 0) is 37.1 Å². The molecule has 0 atom stereocenters. The van der Waals surface area contributed by atoms with Crippen molar-refractivity contribution in [3.63, 3.8) is 0 Å². The summed E-state index contributed by atoms with van der Waals surface area (Å²) < 4.78 is 27.3. The van der Waals surface area contributed by atoms with E-state index in [4.69, 9.17) is 5.26 Å². The zero-order valence-electron chi connectivity index (χ0n) is 17.6. The molecule has 2 aromatic rings. The number of sulfonamides is 1. The number of nitrogens with zero attached hydrogens (tertiary/aromatic N) is 6. The minimum absolute atomic E-state index is 0.0361. The predicted octanol–water partition coefficient (Wildman–Crippen LogP) is 2.36. The van der Waals surface area contributed by atoms with Crippen LogP contribution in [0.3, 0.4) is 0 Å². The summed E-state index contributed by atoms with van der Waals surface area (Å²) in [6.45, 7) is 3.07. The maximum Gasteiger partial charge on any atom is 0.293 e. The Balaban J connectivity index is 1.54. The third kappa shape index (κ3) is 4.37. The summed E-state index contributed by atoms with van der Waals surface area (Å²) in [6.07, 6.45) is 4.19. The highest BCUT2D eigenvalue weighted by atomic mass is 32.2. The molecule has 0 bridgehead atoms. The standard InChI is InChI=1S/C21H24N6O4S/c22-16-17-6-7-23-21(14-17)25-12-10-24(11-13-25)19-5-4-18(15-20(19)27(28)29)32(30,31)26-8-2-1-3-9-26/h4-7,14-15H,1-3,8-13H2. The second-order valence-corrected chi connectivity index (χ2v) is 9.80. The van der Waals surface area contributed by atoms with Crippen LogP contribution in [0.15, 0.2) is 41.4 Å². The normalized spacial score (nSPS) is 17.7. The first-order chi connectivity index (χ1) is 15.4. The van der Waals surface area contributed by atoms with Crippen molar-refractivity contribution >= 4 is 27.2 Å². The Labute approximate surface area is 186 Å². The number of piperidine rings is 1. The molecular formula is C21H24N6O4S. The highest BCUT2D eigenvalue weighted by Crippen LogP contribution is 2.33. The van der Waals surface area contributed by atoms with Crippen LogP contribution in [-0.4, -0.2) is 61.9 Å². The largest absolute Gasteiger partial charge is 0.362 e. The molecule has 1 aromatic heterocycles. The Morgan fingerprint density at radius 3 is 2.31 bits per heavy atom. The molecule has 0 N–H and O–H groups in total. The minimum Gasteiger partial charge on any atom is -0.362 e. The van der Waals surface area contributed by atoms with Crippen molar-refractivity contribution in [2.45, 2.75) is 24.2 Å². The molecule has 3 heterocycles. The number of benzene rings is 1. The molecule has 32 heavy (non-hydrogen) atoms. The number of anilines is 2. The molecule has 2 aliphatic heterocycles. The third-order valence-electron chi connectivity index (χ3n) is 5.92. The minimum atomic E-state index is -3.75. The quantitative estimate of drug-likeness (QED) is 0.496. The number of hydrogen-bond acceptors (Lipinski definition) is 8. The first-order valence-corrected chi connectivity index (χ1v) is 12.0. The van der Waals surface area contributed by atoms with Gasteiger partial charge in [-0.2, -0.15) is 9.57 Å². The highest BCUT2D eigenvalue weighted by molar-refractivity contribution is 7.89. The smallest absolute Gasteiger partial charge is 0.293 e. The van der Waals surface area contributed by atoms with Gasteiger partial charge in [0.25, 0.3) is 5.69 Å². The number of pyridine rings is 1. The van der Waals surface area contributed by atoms with Crippen LogP contribution >= 0.6 is 0 Å². The number of aromatic nitrogens is 1. The number of piperazine rings is 1. The Bertz CT molecular complexity index is 1150. The van der Waals surface area contributed by atoms with E-state index in [1.54, 1.807) is 24.4 Å². The number of nitro benzene ring substituents is 1. The molecule has 2 saturated heterocycles. The van der Waals surface area contributed by atoms with Crippen molar-refractivity contribution in [3.05, 3.63) is 52.2 Å². The first-order valence-electron chi connectivity index (χ1n) is 10.5. The van der Waals surface area contributed by atoms with Crippen LogP contribution in [0.2, 0.25) is 0 Å². The Morgan fingerprint density at radius 2 is 1.66 bits per heavy atom. The Hall–Kier alpha value is -3.23. The highest BCUT2D eigenvalue weighted by Gasteiger charge is 2.30. The second-order valence-electron chi connectivity index (χ2n) is 7.86. The number of hydrogen-bond donors (Lipinski definition) is 0. The summed E-state index contributed by atoms with van der Waals surface area (Å²) in [5.41, 5.74) is 0.727. The summed E-state index contributed by atoms with van der Waals surface area (Å²) in [6, 6.07) is 9.65. The third-order valence-corrected chi connectivity index (χ3v) is 7.81. The monoisotopic (exact) mass is 456 g/mol. The summed E-state index contributed by atoms with van der Waals surface area (Å²) >= 11 is 0. The van der Waals surface area contributed by atoms with Crippen molar-refractivity contribution in [3.8, 4) is 6.07 Å². The van der Waals surface area contributed by atoms with Crippen LogP contribution in [0.25, 0.3) is 0 Å². The Kier molecular flexibility index (Phi) is 6.25. The van der Waals surface area contributed by atoms with Crippen LogP contribution in [0.1, 0.15) is 24.8 Å². The van der Waals surface area contributed by atoms with Gasteiger partial charge in [0.1, 0.15) is 11.5 Å². The number of nitro groups is 1. The van der Waals surface area contributed by atoms with Gasteiger partial charge in [-0.3, -0.25) is 10.1 Å². The lowest BCUT2D eigenvalue weighted by atomic mass is 10.2. The summed E-state index contributed by atoms with van der Waals surface area (Å²) in [7, 11) is -3.75. The molecule has 2 fully saturated rings. The van der Waals surface area contributed by atoms with E-state index in [1.165, 1.54) is 16.4 Å². The molecule has 10 nitrogen and oxygen atoms in total. The van der Waals surface area contributed by atoms with Gasteiger partial charge in [0.15, 0.2) is 0 Å². The van der Waals surface area contributed by atoms with Gasteiger partial charge in [0.2, 0.25) is 10.0 Å². The van der Waals surface area contributed by atoms with E-state index in [0.717, 1.165) is 19.3 Å². The van der Waals surface area contributed by atoms with E-state index >= 15 is 0 Å². The van der Waals surface area contributed by atoms with Crippen LogP contribution in [-0.2, 0) is 10.0 Å². The number of nitriles is 1. The molecule has 1 aromatic carbocycles. The lowest BCUT2D eigenvalue weighted by Gasteiger charge is -2.36. The van der Waals surface area contributed by atoms with Gasteiger partial charge in [-0.25, -0.2) is 13.4 Å². The zero-order valence-corrected chi connectivity index (χ0v) is 18.4. The van der Waals surface area contributed by atoms with E-state index in [0.29, 0.717) is 56.3 Å². The zero-order chi connectivity index (χ0) is 22.7. The van der Waals surface area contributed by atoms with E-state index in [2.05, 4.69) is 11.1 Å². The lowest BCUT2D eigenvalue weighted by molar-refractivity contribution is -0.384. The molecule has 0 unspecified atom stereocenters. The van der Waals surface area contributed by atoms with Crippen LogP contribution in [0.5, 0.6) is 0 Å². The molecular weight excluding hydrogens is 432 g/mol. The molecule has 0 spiro atoms. The van der Waals surface area contributed by atoms with Gasteiger partial charge in [0.05, 0.1) is 21.5 Å². The van der Waals surface area contributed by atoms with Gasteiger partial charge < -0.3 is 9.80 Å². The van der Waals surface area contributed by atoms with Gasteiger partial charge in [-0.1, -0.05) is 6.42 Å². The molecule has 0 radical (unpaired) electrons. The fourth-order valence-electron chi connectivity index (χ4n) is 4.17. The average molecular weight is 457 g/mol. The van der Waals surface area contributed by atoms with Crippen LogP contribution in [0, 0.1) is 21.4 Å². The van der Waals surface area contributed by atoms with E-state index in [9.17, 15) is 18.5 Å². The van der Waals surface area contributed by atoms with E-state index < -0.39 is 14.9 Å². The van der Waals surface area contributed by atoms with Crippen LogP contribution < -0.4 is 9.80 Å². The fourth-order valence-corrected chi connectivity index (χ4v) is 5.71. The van der Waals surface area contributed by atoms with Crippen molar-refractivity contribution in [2.75, 3.05) is 49.1 Å². The molecule has 11 heteroatoms. The van der Waals surface area contributed by atoms with Crippen LogP contribution in [0.4, 0.5) is 17.2 Å². The molecule has 0 amide bonds. The predicted molar refractivity (Wildman–Crippen MR) is 119 cm³/mol. The fraction of sp³-hybridized carbons (Fsp3) is 0.429. The van der Waals surface area contributed by atoms with Crippen molar-refractivity contribution in [1.29, 1.82) is 5.26 Å². The number of rotatable bonds is 5. The van der Waals surface area contributed by atoms with Crippen molar-refractivity contribution < 1.29 is 13.3 Å². The molecule has 0 saturated carbocycles. The molecule has 2 aliphatic rings. The van der Waals surface area contributed by atoms with Crippen molar-refractivity contribution in [1.82, 2.24) is 9.29 Å². The van der Waals surface area contributed by atoms with Gasteiger partial charge in [0, 0.05) is 51.5 Å². The maximum atomic E-state index is 13.0. The lowest BCUT2D eigenvalue weighted by Crippen LogP contribution is -2.47. The summed E-state index contributed by atoms with van der Waals surface area (Å²) in [5, 5.41) is 20.9. The van der Waals surface area contributed by atoms with Crippen molar-refractivity contribution in [2.24, 2.45) is 0 Å². The maximum absolute atomic E-state index is 13.0. The average Bonchev–Trinajstić information content (AvgIpc) is 2.84. The SMILES string of the molecule is N#Cc1ccnc(N2CCN(c3ccc(S(=O)(=O)N4CCCCC4)cc3[N+](=O)[O-])CC2)c1. The Morgan fingerprint density at radius 1 is 0.969 bits per heavy atom. The molecule has 0 aliphatic carbocycles. The molecule has 4 rings (SSSR count). The van der Waals surface area contributed by atoms with E-state index in [-0.39, 0.29) is 10.6 Å². The molecule has 168 valence electrons. The van der Waals surface area contributed by atoms with Gasteiger partial charge in [-0.15, -0.1) is 0 Å². The second kappa shape index (κ2) is 9.10. The van der Waals surface area contributed by atoms with Gasteiger partial charge >= 0.3 is 0 Å². The summed E-state index contributed by atoms with van der Waals surface area (Å²) in [5.74, 6) is 0.696. The first kappa shape index (κ1) is 22.0.